The summed E-state index contributed by atoms with van der Waals surface area (Å²) in [5, 5.41) is -0.319. The fourth-order valence-electron chi connectivity index (χ4n) is 1.86. The van der Waals surface area contributed by atoms with Gasteiger partial charge in [0.1, 0.15) is 0 Å². The number of sulfone groups is 1. The van der Waals surface area contributed by atoms with Crippen molar-refractivity contribution in [3.05, 3.63) is 45.3 Å². The highest BCUT2D eigenvalue weighted by Crippen LogP contribution is 2.30. The van der Waals surface area contributed by atoms with E-state index in [-0.39, 0.29) is 20.8 Å². The maximum Gasteiger partial charge on any atom is 0.433 e. The molecule has 0 unspecified atom stereocenters. The van der Waals surface area contributed by atoms with E-state index in [4.69, 9.17) is 11.6 Å². The van der Waals surface area contributed by atoms with Gasteiger partial charge in [0.05, 0.1) is 15.6 Å². The van der Waals surface area contributed by atoms with Crippen LogP contribution in [0, 0.1) is 0 Å². The van der Waals surface area contributed by atoms with Gasteiger partial charge < -0.3 is 0 Å². The third-order valence-corrected chi connectivity index (χ3v) is 5.00. The zero-order chi connectivity index (χ0) is 18.3. The molecule has 0 N–H and O–H groups in total. The van der Waals surface area contributed by atoms with Gasteiger partial charge in [-0.2, -0.15) is 13.2 Å². The van der Waals surface area contributed by atoms with Gasteiger partial charge in [0, 0.05) is 12.3 Å². The van der Waals surface area contributed by atoms with Gasteiger partial charge in [0.2, 0.25) is 0 Å². The monoisotopic (exact) mass is 398 g/mol. The molecule has 1 aromatic heterocycles. The van der Waals surface area contributed by atoms with Crippen molar-refractivity contribution in [3.8, 4) is 5.69 Å². The Morgan fingerprint density at radius 2 is 1.88 bits per heavy atom. The van der Waals surface area contributed by atoms with E-state index in [1.54, 1.807) is 0 Å². The smallest absolute Gasteiger partial charge is 0.269 e. The Kier molecular flexibility index (Phi) is 5.03. The zero-order valence-electron chi connectivity index (χ0n) is 12.3. The molecule has 24 heavy (non-hydrogen) atoms. The van der Waals surface area contributed by atoms with Crippen LogP contribution in [-0.4, -0.2) is 30.5 Å². The predicted molar refractivity (Wildman–Crippen MR) is 84.7 cm³/mol. The van der Waals surface area contributed by atoms with Crippen LogP contribution in [0.5, 0.6) is 0 Å². The fraction of sp³-hybridized carbons (Fsp3) is 0.231. The summed E-state index contributed by atoms with van der Waals surface area (Å²) in [6.07, 6.45) is -2.32. The lowest BCUT2D eigenvalue weighted by Gasteiger charge is -2.14. The molecule has 0 bridgehead atoms. The van der Waals surface area contributed by atoms with E-state index >= 15 is 0 Å². The maximum absolute atomic E-state index is 12.8. The molecular formula is C13H10ClF3N2O3S2. The van der Waals surface area contributed by atoms with E-state index in [1.165, 1.54) is 18.4 Å². The van der Waals surface area contributed by atoms with Gasteiger partial charge in [-0.15, -0.1) is 0 Å². The Morgan fingerprint density at radius 3 is 2.33 bits per heavy atom. The number of nitrogens with zero attached hydrogens (tertiary/aromatic N) is 2. The van der Waals surface area contributed by atoms with E-state index in [0.717, 1.165) is 28.7 Å². The summed E-state index contributed by atoms with van der Waals surface area (Å²) < 4.78 is 62.2. The highest BCUT2D eigenvalue weighted by atomic mass is 35.5. The van der Waals surface area contributed by atoms with Gasteiger partial charge >= 0.3 is 6.18 Å². The third-order valence-electron chi connectivity index (χ3n) is 2.95. The van der Waals surface area contributed by atoms with Gasteiger partial charge in [0.25, 0.3) is 5.56 Å². The second-order valence-electron chi connectivity index (χ2n) is 4.68. The van der Waals surface area contributed by atoms with Crippen LogP contribution in [0.3, 0.4) is 0 Å². The molecule has 0 spiro atoms. The molecule has 0 saturated heterocycles. The molecule has 0 saturated carbocycles. The lowest BCUT2D eigenvalue weighted by atomic mass is 10.3. The van der Waals surface area contributed by atoms with Crippen molar-refractivity contribution in [2.75, 3.05) is 12.5 Å². The van der Waals surface area contributed by atoms with Crippen LogP contribution in [0.25, 0.3) is 5.69 Å². The van der Waals surface area contributed by atoms with Crippen molar-refractivity contribution < 1.29 is 21.6 Å². The summed E-state index contributed by atoms with van der Waals surface area (Å²) in [6, 6.07) is 3.94. The molecule has 0 aliphatic rings. The summed E-state index contributed by atoms with van der Waals surface area (Å²) in [6.45, 7) is 0. The number of thioether (sulfide) groups is 1. The first-order valence-electron chi connectivity index (χ1n) is 6.20. The van der Waals surface area contributed by atoms with Crippen LogP contribution in [-0.2, 0) is 16.0 Å². The average molecular weight is 399 g/mol. The maximum atomic E-state index is 12.8. The Bertz CT molecular complexity index is 956. The summed E-state index contributed by atoms with van der Waals surface area (Å²) in [4.78, 5) is 15.5. The van der Waals surface area contributed by atoms with Crippen LogP contribution < -0.4 is 5.56 Å². The number of aromatic nitrogens is 2. The Morgan fingerprint density at radius 1 is 1.25 bits per heavy atom. The highest BCUT2D eigenvalue weighted by Gasteiger charge is 2.34. The quantitative estimate of drug-likeness (QED) is 0.587. The van der Waals surface area contributed by atoms with Crippen LogP contribution >= 0.6 is 23.4 Å². The number of alkyl halides is 3. The van der Waals surface area contributed by atoms with Crippen molar-refractivity contribution >= 4 is 33.2 Å². The zero-order valence-corrected chi connectivity index (χ0v) is 14.6. The molecule has 2 rings (SSSR count). The molecule has 11 heteroatoms. The predicted octanol–water partition coefficient (Wildman–Crippen LogP) is 3.03. The van der Waals surface area contributed by atoms with Crippen molar-refractivity contribution in [1.82, 2.24) is 9.55 Å². The van der Waals surface area contributed by atoms with Gasteiger partial charge in [-0.25, -0.2) is 13.4 Å². The minimum absolute atomic E-state index is 0.0413. The first-order chi connectivity index (χ1) is 10.9. The number of hydrogen-bond donors (Lipinski definition) is 0. The summed E-state index contributed by atoms with van der Waals surface area (Å²) in [7, 11) is -3.52. The van der Waals surface area contributed by atoms with Crippen LogP contribution in [0.1, 0.15) is 5.69 Å². The molecule has 0 amide bonds. The number of rotatable bonds is 3. The average Bonchev–Trinajstić information content (AvgIpc) is 2.45. The topological polar surface area (TPSA) is 69.0 Å². The Labute approximate surface area is 144 Å². The Balaban J connectivity index is 2.72. The molecule has 5 nitrogen and oxygen atoms in total. The minimum Gasteiger partial charge on any atom is -0.269 e. The summed E-state index contributed by atoms with van der Waals surface area (Å²) in [5.74, 6) is 0. The van der Waals surface area contributed by atoms with E-state index < -0.39 is 27.3 Å². The number of hydrogen-bond acceptors (Lipinski definition) is 5. The van der Waals surface area contributed by atoms with Gasteiger partial charge in [-0.3, -0.25) is 9.36 Å². The summed E-state index contributed by atoms with van der Waals surface area (Å²) >= 11 is 6.85. The largest absolute Gasteiger partial charge is 0.433 e. The van der Waals surface area contributed by atoms with E-state index in [1.807, 2.05) is 0 Å². The molecule has 0 fully saturated rings. The van der Waals surface area contributed by atoms with Crippen molar-refractivity contribution in [3.63, 3.8) is 0 Å². The van der Waals surface area contributed by atoms with Crippen LogP contribution in [0.15, 0.2) is 39.1 Å². The van der Waals surface area contributed by atoms with Gasteiger partial charge in [0.15, 0.2) is 20.7 Å². The Hall–Kier alpha value is -1.52. The van der Waals surface area contributed by atoms with E-state index in [2.05, 4.69) is 4.98 Å². The molecule has 0 aliphatic carbocycles. The summed E-state index contributed by atoms with van der Waals surface area (Å²) in [5.41, 5.74) is -2.24. The van der Waals surface area contributed by atoms with E-state index in [9.17, 15) is 26.4 Å². The normalized spacial score (nSPS) is 12.4. The second kappa shape index (κ2) is 6.41. The molecule has 0 aliphatic heterocycles. The molecule has 0 radical (unpaired) electrons. The first-order valence-corrected chi connectivity index (χ1v) is 9.70. The lowest BCUT2D eigenvalue weighted by molar-refractivity contribution is -0.141. The lowest BCUT2D eigenvalue weighted by Crippen LogP contribution is -2.25. The first kappa shape index (κ1) is 18.8. The van der Waals surface area contributed by atoms with Crippen molar-refractivity contribution in [1.29, 1.82) is 0 Å². The fourth-order valence-corrected chi connectivity index (χ4v) is 3.40. The third kappa shape index (κ3) is 3.76. The van der Waals surface area contributed by atoms with Gasteiger partial charge in [-0.05, 0) is 24.5 Å². The standard InChI is InChI=1S/C13H10ClF3N2O3S2/c1-23-12-18-10(13(15,16)17)6-11(20)19(12)9-4-3-7(5-8(9)14)24(2,21)22/h3-6H,1-2H3. The van der Waals surface area contributed by atoms with E-state index in [0.29, 0.717) is 6.07 Å². The second-order valence-corrected chi connectivity index (χ2v) is 7.88. The van der Waals surface area contributed by atoms with Crippen LogP contribution in [0.2, 0.25) is 5.02 Å². The molecule has 0 atom stereocenters. The van der Waals surface area contributed by atoms with Crippen molar-refractivity contribution in [2.45, 2.75) is 16.2 Å². The van der Waals surface area contributed by atoms with Crippen LogP contribution in [0.4, 0.5) is 13.2 Å². The molecule has 2 aromatic rings. The SMILES string of the molecule is CSc1nc(C(F)(F)F)cc(=O)n1-c1ccc(S(C)(=O)=O)cc1Cl. The molecule has 1 aromatic carbocycles. The highest BCUT2D eigenvalue weighted by molar-refractivity contribution is 7.98. The van der Waals surface area contributed by atoms with Crippen molar-refractivity contribution in [2.24, 2.45) is 0 Å². The molecule has 1 heterocycles. The number of benzene rings is 1. The molecule has 130 valence electrons. The number of halogens is 4. The minimum atomic E-state index is -4.76. The molecular weight excluding hydrogens is 389 g/mol. The van der Waals surface area contributed by atoms with Gasteiger partial charge in [-0.1, -0.05) is 23.4 Å².